The van der Waals surface area contributed by atoms with Gasteiger partial charge in [0, 0.05) is 24.4 Å². The first kappa shape index (κ1) is 15.2. The molecule has 1 aromatic heterocycles. The Bertz CT molecular complexity index is 701. The highest BCUT2D eigenvalue weighted by molar-refractivity contribution is 5.96. The van der Waals surface area contributed by atoms with E-state index in [-0.39, 0.29) is 5.91 Å². The number of rotatable bonds is 3. The standard InChI is InChI=1S/C18H22N4O2/c23-18(22-10-11-24-17-6-2-1-5-16(17)22)13-21-9-3-4-14(12-21)15-7-8-19-20-15/h1-2,5-8,14H,3-4,9-13H2,(H,19,20). The monoisotopic (exact) mass is 326 g/mol. The van der Waals surface area contributed by atoms with Crippen molar-refractivity contribution in [1.29, 1.82) is 0 Å². The minimum atomic E-state index is 0.149. The van der Waals surface area contributed by atoms with Crippen LogP contribution in [-0.4, -0.2) is 53.8 Å². The van der Waals surface area contributed by atoms with Gasteiger partial charge in [0.05, 0.1) is 18.8 Å². The fourth-order valence-electron chi connectivity index (χ4n) is 3.65. The SMILES string of the molecule is O=C(CN1CCCC(c2ccn[nH]2)C1)N1CCOc2ccccc21. The Morgan fingerprint density at radius 1 is 1.29 bits per heavy atom. The van der Waals surface area contributed by atoms with E-state index in [1.54, 1.807) is 6.20 Å². The summed E-state index contributed by atoms with van der Waals surface area (Å²) in [6.07, 6.45) is 4.05. The zero-order chi connectivity index (χ0) is 16.4. The molecule has 1 unspecified atom stereocenters. The molecule has 1 atom stereocenters. The largest absolute Gasteiger partial charge is 0.490 e. The zero-order valence-electron chi connectivity index (χ0n) is 13.6. The van der Waals surface area contributed by atoms with Crippen LogP contribution in [-0.2, 0) is 4.79 Å². The molecule has 0 bridgehead atoms. The number of nitrogens with zero attached hydrogens (tertiary/aromatic N) is 3. The third-order valence-corrected chi connectivity index (χ3v) is 4.86. The maximum atomic E-state index is 12.8. The minimum absolute atomic E-state index is 0.149. The third-order valence-electron chi connectivity index (χ3n) is 4.86. The van der Waals surface area contributed by atoms with Crippen LogP contribution < -0.4 is 9.64 Å². The summed E-state index contributed by atoms with van der Waals surface area (Å²) < 4.78 is 5.64. The van der Waals surface area contributed by atoms with E-state index in [0.717, 1.165) is 37.4 Å². The van der Waals surface area contributed by atoms with E-state index in [1.165, 1.54) is 5.69 Å². The Morgan fingerprint density at radius 3 is 3.08 bits per heavy atom. The van der Waals surface area contributed by atoms with Gasteiger partial charge in [-0.3, -0.25) is 14.8 Å². The molecule has 24 heavy (non-hydrogen) atoms. The van der Waals surface area contributed by atoms with Gasteiger partial charge in [-0.15, -0.1) is 0 Å². The molecule has 0 spiro atoms. The van der Waals surface area contributed by atoms with Crippen LogP contribution in [0.25, 0.3) is 0 Å². The lowest BCUT2D eigenvalue weighted by molar-refractivity contribution is -0.120. The van der Waals surface area contributed by atoms with Gasteiger partial charge in [0.2, 0.25) is 5.91 Å². The second-order valence-corrected chi connectivity index (χ2v) is 6.45. The number of hydrogen-bond acceptors (Lipinski definition) is 4. The molecule has 2 aromatic rings. The van der Waals surface area contributed by atoms with E-state index >= 15 is 0 Å². The first-order valence-electron chi connectivity index (χ1n) is 8.55. The van der Waals surface area contributed by atoms with Crippen molar-refractivity contribution in [3.63, 3.8) is 0 Å². The Hall–Kier alpha value is -2.34. The highest BCUT2D eigenvalue weighted by Gasteiger charge is 2.28. The van der Waals surface area contributed by atoms with Gasteiger partial charge in [-0.05, 0) is 37.6 Å². The molecule has 0 aliphatic carbocycles. The van der Waals surface area contributed by atoms with Crippen LogP contribution in [0.3, 0.4) is 0 Å². The molecule has 0 saturated carbocycles. The summed E-state index contributed by atoms with van der Waals surface area (Å²) in [6.45, 7) is 3.51. The molecular formula is C18H22N4O2. The van der Waals surface area contributed by atoms with Crippen LogP contribution in [0, 0.1) is 0 Å². The number of carbonyl (C=O) groups excluding carboxylic acids is 1. The fourth-order valence-corrected chi connectivity index (χ4v) is 3.65. The molecule has 6 heteroatoms. The van der Waals surface area contributed by atoms with E-state index in [9.17, 15) is 4.79 Å². The number of H-pyrrole nitrogens is 1. The lowest BCUT2D eigenvalue weighted by Crippen LogP contribution is -2.46. The number of aromatic amines is 1. The van der Waals surface area contributed by atoms with Crippen molar-refractivity contribution >= 4 is 11.6 Å². The lowest BCUT2D eigenvalue weighted by Gasteiger charge is -2.35. The van der Waals surface area contributed by atoms with Gasteiger partial charge in [-0.25, -0.2) is 0 Å². The number of piperidine rings is 1. The minimum Gasteiger partial charge on any atom is -0.490 e. The molecule has 126 valence electrons. The van der Waals surface area contributed by atoms with Crippen LogP contribution in [0.4, 0.5) is 5.69 Å². The van der Waals surface area contributed by atoms with E-state index in [1.807, 2.05) is 35.2 Å². The molecule has 1 saturated heterocycles. The summed E-state index contributed by atoms with van der Waals surface area (Å²) in [4.78, 5) is 16.9. The van der Waals surface area contributed by atoms with Crippen LogP contribution in [0.2, 0.25) is 0 Å². The predicted octanol–water partition coefficient (Wildman–Crippen LogP) is 2.01. The molecule has 1 amide bonds. The summed E-state index contributed by atoms with van der Waals surface area (Å²) in [5, 5.41) is 7.12. The first-order chi connectivity index (χ1) is 11.8. The number of ether oxygens (including phenoxy) is 1. The number of benzene rings is 1. The van der Waals surface area contributed by atoms with Crippen molar-refractivity contribution in [2.45, 2.75) is 18.8 Å². The third kappa shape index (κ3) is 3.01. The number of hydrogen-bond donors (Lipinski definition) is 1. The zero-order valence-corrected chi connectivity index (χ0v) is 13.6. The Balaban J connectivity index is 1.43. The normalized spacial score (nSPS) is 21.2. The average molecular weight is 326 g/mol. The lowest BCUT2D eigenvalue weighted by atomic mass is 9.95. The number of para-hydroxylation sites is 2. The number of nitrogens with one attached hydrogen (secondary N) is 1. The van der Waals surface area contributed by atoms with Gasteiger partial charge in [0.25, 0.3) is 0 Å². The molecule has 6 nitrogen and oxygen atoms in total. The maximum absolute atomic E-state index is 12.8. The number of fused-ring (bicyclic) bond motifs is 1. The molecular weight excluding hydrogens is 304 g/mol. The van der Waals surface area contributed by atoms with Crippen molar-refractivity contribution in [2.75, 3.05) is 37.7 Å². The molecule has 3 heterocycles. The summed E-state index contributed by atoms with van der Waals surface area (Å²) in [7, 11) is 0. The van der Waals surface area contributed by atoms with E-state index in [0.29, 0.717) is 25.6 Å². The number of amides is 1. The summed E-state index contributed by atoms with van der Waals surface area (Å²) >= 11 is 0. The van der Waals surface area contributed by atoms with Crippen molar-refractivity contribution in [3.05, 3.63) is 42.2 Å². The highest BCUT2D eigenvalue weighted by atomic mass is 16.5. The van der Waals surface area contributed by atoms with Gasteiger partial charge in [0.1, 0.15) is 12.4 Å². The second kappa shape index (κ2) is 6.65. The molecule has 1 N–H and O–H groups in total. The average Bonchev–Trinajstić information content (AvgIpc) is 3.16. The fraction of sp³-hybridized carbons (Fsp3) is 0.444. The van der Waals surface area contributed by atoms with Crippen LogP contribution >= 0.6 is 0 Å². The predicted molar refractivity (Wildman–Crippen MR) is 91.3 cm³/mol. The number of carbonyl (C=O) groups is 1. The van der Waals surface area contributed by atoms with Crippen molar-refractivity contribution in [2.24, 2.45) is 0 Å². The van der Waals surface area contributed by atoms with E-state index in [2.05, 4.69) is 15.1 Å². The molecule has 1 aromatic carbocycles. The summed E-state index contributed by atoms with van der Waals surface area (Å²) in [6, 6.07) is 9.80. The first-order valence-corrected chi connectivity index (χ1v) is 8.55. The van der Waals surface area contributed by atoms with Crippen molar-refractivity contribution in [3.8, 4) is 5.75 Å². The van der Waals surface area contributed by atoms with Gasteiger partial charge < -0.3 is 9.64 Å². The van der Waals surface area contributed by atoms with Gasteiger partial charge >= 0.3 is 0 Å². The Morgan fingerprint density at radius 2 is 2.21 bits per heavy atom. The van der Waals surface area contributed by atoms with Crippen molar-refractivity contribution < 1.29 is 9.53 Å². The number of aromatic nitrogens is 2. The molecule has 0 radical (unpaired) electrons. The van der Waals surface area contributed by atoms with E-state index in [4.69, 9.17) is 4.74 Å². The topological polar surface area (TPSA) is 61.5 Å². The highest BCUT2D eigenvalue weighted by Crippen LogP contribution is 2.31. The Labute approximate surface area is 141 Å². The Kier molecular flexibility index (Phi) is 4.21. The molecule has 4 rings (SSSR count). The summed E-state index contributed by atoms with van der Waals surface area (Å²) in [5.74, 6) is 1.38. The van der Waals surface area contributed by atoms with Crippen LogP contribution in [0.5, 0.6) is 5.75 Å². The molecule has 2 aliphatic heterocycles. The van der Waals surface area contributed by atoms with Gasteiger partial charge in [-0.1, -0.05) is 12.1 Å². The van der Waals surface area contributed by atoms with Crippen molar-refractivity contribution in [1.82, 2.24) is 15.1 Å². The quantitative estimate of drug-likeness (QED) is 0.937. The smallest absolute Gasteiger partial charge is 0.241 e. The number of likely N-dealkylation sites (tertiary alicyclic amines) is 1. The molecule has 1 fully saturated rings. The van der Waals surface area contributed by atoms with Gasteiger partial charge in [-0.2, -0.15) is 5.10 Å². The maximum Gasteiger partial charge on any atom is 0.241 e. The summed E-state index contributed by atoms with van der Waals surface area (Å²) in [5.41, 5.74) is 2.06. The molecule has 2 aliphatic rings. The van der Waals surface area contributed by atoms with Crippen LogP contribution in [0.15, 0.2) is 36.5 Å². The number of anilines is 1. The van der Waals surface area contributed by atoms with Crippen LogP contribution in [0.1, 0.15) is 24.5 Å². The van der Waals surface area contributed by atoms with E-state index < -0.39 is 0 Å². The van der Waals surface area contributed by atoms with Gasteiger partial charge in [0.15, 0.2) is 0 Å². The second-order valence-electron chi connectivity index (χ2n) is 6.45.